The van der Waals surface area contributed by atoms with E-state index in [-0.39, 0.29) is 16.7 Å². The topological polar surface area (TPSA) is 40.5 Å². The number of aliphatic hydroxyl groups excluding tert-OH is 1. The number of benzene rings is 1. The molecule has 0 aromatic heterocycles. The van der Waals surface area contributed by atoms with Gasteiger partial charge in [-0.3, -0.25) is 4.79 Å². The molecule has 21 heavy (non-hydrogen) atoms. The summed E-state index contributed by atoms with van der Waals surface area (Å²) in [5, 5.41) is 10.4. The van der Waals surface area contributed by atoms with E-state index in [0.29, 0.717) is 13.1 Å². The predicted octanol–water partition coefficient (Wildman–Crippen LogP) is 3.65. The average molecular weight is 289 g/mol. The average Bonchev–Trinajstić information content (AvgIpc) is 2.76. The Morgan fingerprint density at radius 1 is 1.10 bits per heavy atom. The van der Waals surface area contributed by atoms with Crippen molar-refractivity contribution < 1.29 is 9.90 Å². The monoisotopic (exact) mass is 289 g/mol. The molecule has 0 saturated carbocycles. The summed E-state index contributed by atoms with van der Waals surface area (Å²) in [5.74, 6) is 0.177. The van der Waals surface area contributed by atoms with E-state index in [9.17, 15) is 9.90 Å². The SMILES string of the molecule is CC(C)(C)C(=O)N1Cc2ccc(C(O)C(C)(C)C)cc2C1. The molecule has 0 spiro atoms. The minimum absolute atomic E-state index is 0.177. The Morgan fingerprint density at radius 2 is 1.67 bits per heavy atom. The highest BCUT2D eigenvalue weighted by molar-refractivity contribution is 5.82. The van der Waals surface area contributed by atoms with Gasteiger partial charge in [-0.2, -0.15) is 0 Å². The molecule has 1 unspecified atom stereocenters. The van der Waals surface area contributed by atoms with E-state index in [4.69, 9.17) is 0 Å². The van der Waals surface area contributed by atoms with Crippen molar-refractivity contribution in [1.82, 2.24) is 4.90 Å². The van der Waals surface area contributed by atoms with Gasteiger partial charge >= 0.3 is 0 Å². The molecule has 1 aromatic rings. The zero-order valence-electron chi connectivity index (χ0n) is 14.0. The van der Waals surface area contributed by atoms with Gasteiger partial charge in [0.2, 0.25) is 5.91 Å². The van der Waals surface area contributed by atoms with Crippen LogP contribution in [0.3, 0.4) is 0 Å². The first kappa shape index (κ1) is 16.0. The molecule has 0 fully saturated rings. The molecule has 0 radical (unpaired) electrons. The maximum absolute atomic E-state index is 12.4. The third-order valence-electron chi connectivity index (χ3n) is 4.02. The maximum atomic E-state index is 12.4. The number of amides is 1. The molecule has 1 aromatic carbocycles. The fourth-order valence-corrected chi connectivity index (χ4v) is 2.70. The molecule has 3 nitrogen and oxygen atoms in total. The normalized spacial score (nSPS) is 16.8. The van der Waals surface area contributed by atoms with Crippen LogP contribution in [0.5, 0.6) is 0 Å². The van der Waals surface area contributed by atoms with Crippen molar-refractivity contribution in [1.29, 1.82) is 0 Å². The van der Waals surface area contributed by atoms with Crippen LogP contribution >= 0.6 is 0 Å². The highest BCUT2D eigenvalue weighted by Crippen LogP contribution is 2.35. The summed E-state index contributed by atoms with van der Waals surface area (Å²) in [6.45, 7) is 13.3. The lowest BCUT2D eigenvalue weighted by Crippen LogP contribution is -2.35. The Kier molecular flexibility index (Phi) is 3.92. The van der Waals surface area contributed by atoms with E-state index in [1.165, 1.54) is 5.56 Å². The Balaban J connectivity index is 2.22. The number of aliphatic hydroxyl groups is 1. The number of hydrogen-bond acceptors (Lipinski definition) is 2. The second kappa shape index (κ2) is 5.13. The van der Waals surface area contributed by atoms with Gasteiger partial charge in [-0.15, -0.1) is 0 Å². The summed E-state index contributed by atoms with van der Waals surface area (Å²) in [5.41, 5.74) is 2.75. The molecule has 0 saturated heterocycles. The van der Waals surface area contributed by atoms with Crippen LogP contribution in [-0.4, -0.2) is 15.9 Å². The van der Waals surface area contributed by atoms with Gasteiger partial charge in [0.05, 0.1) is 6.10 Å². The van der Waals surface area contributed by atoms with Gasteiger partial charge in [0, 0.05) is 18.5 Å². The van der Waals surface area contributed by atoms with Crippen LogP contribution in [0.2, 0.25) is 0 Å². The van der Waals surface area contributed by atoms with Crippen LogP contribution in [-0.2, 0) is 17.9 Å². The zero-order chi connectivity index (χ0) is 16.0. The van der Waals surface area contributed by atoms with Crippen molar-refractivity contribution in [3.63, 3.8) is 0 Å². The van der Waals surface area contributed by atoms with Crippen molar-refractivity contribution in [2.75, 3.05) is 0 Å². The van der Waals surface area contributed by atoms with E-state index in [2.05, 4.69) is 12.1 Å². The van der Waals surface area contributed by atoms with Gasteiger partial charge in [-0.1, -0.05) is 59.7 Å². The largest absolute Gasteiger partial charge is 0.388 e. The summed E-state index contributed by atoms with van der Waals surface area (Å²) in [6.07, 6.45) is -0.491. The second-order valence-electron chi connectivity index (χ2n) is 8.21. The molecule has 1 aliphatic rings. The van der Waals surface area contributed by atoms with E-state index in [1.54, 1.807) is 0 Å². The molecule has 0 aliphatic carbocycles. The van der Waals surface area contributed by atoms with E-state index >= 15 is 0 Å². The minimum atomic E-state index is -0.491. The second-order valence-corrected chi connectivity index (χ2v) is 8.21. The van der Waals surface area contributed by atoms with Crippen molar-refractivity contribution in [3.8, 4) is 0 Å². The first-order valence-corrected chi connectivity index (χ1v) is 7.59. The number of nitrogens with zero attached hydrogens (tertiary/aromatic N) is 1. The quantitative estimate of drug-likeness (QED) is 0.857. The summed E-state index contributed by atoms with van der Waals surface area (Å²) < 4.78 is 0. The Labute approximate surface area is 128 Å². The molecule has 0 bridgehead atoms. The van der Waals surface area contributed by atoms with Crippen LogP contribution in [0.15, 0.2) is 18.2 Å². The lowest BCUT2D eigenvalue weighted by Gasteiger charge is -2.26. The minimum Gasteiger partial charge on any atom is -0.388 e. The zero-order valence-corrected chi connectivity index (χ0v) is 14.0. The van der Waals surface area contributed by atoms with Crippen LogP contribution < -0.4 is 0 Å². The first-order valence-electron chi connectivity index (χ1n) is 7.59. The summed E-state index contributed by atoms with van der Waals surface area (Å²) >= 11 is 0. The van der Waals surface area contributed by atoms with E-state index in [1.807, 2.05) is 52.5 Å². The van der Waals surface area contributed by atoms with Gasteiger partial charge in [0.1, 0.15) is 0 Å². The predicted molar refractivity (Wildman–Crippen MR) is 84.6 cm³/mol. The Bertz CT molecular complexity index is 549. The fourth-order valence-electron chi connectivity index (χ4n) is 2.70. The number of fused-ring (bicyclic) bond motifs is 1. The van der Waals surface area contributed by atoms with Crippen LogP contribution in [0.4, 0.5) is 0 Å². The molecule has 3 heteroatoms. The molecule has 2 rings (SSSR count). The van der Waals surface area contributed by atoms with Crippen LogP contribution in [0.25, 0.3) is 0 Å². The highest BCUT2D eigenvalue weighted by atomic mass is 16.3. The van der Waals surface area contributed by atoms with Crippen molar-refractivity contribution >= 4 is 5.91 Å². The van der Waals surface area contributed by atoms with Crippen molar-refractivity contribution in [3.05, 3.63) is 34.9 Å². The number of carbonyl (C=O) groups is 1. The third kappa shape index (κ3) is 3.29. The molecule has 1 aliphatic heterocycles. The molecule has 1 N–H and O–H groups in total. The van der Waals surface area contributed by atoms with E-state index < -0.39 is 6.10 Å². The van der Waals surface area contributed by atoms with Crippen molar-refractivity contribution in [2.45, 2.75) is 60.7 Å². The Hall–Kier alpha value is -1.35. The lowest BCUT2D eigenvalue weighted by atomic mass is 9.84. The van der Waals surface area contributed by atoms with Gasteiger partial charge in [-0.05, 0) is 22.1 Å². The smallest absolute Gasteiger partial charge is 0.228 e. The number of hydrogen-bond donors (Lipinski definition) is 1. The molecular formula is C18H27NO2. The van der Waals surface area contributed by atoms with Crippen molar-refractivity contribution in [2.24, 2.45) is 10.8 Å². The van der Waals surface area contributed by atoms with Gasteiger partial charge in [-0.25, -0.2) is 0 Å². The summed E-state index contributed by atoms with van der Waals surface area (Å²) in [7, 11) is 0. The summed E-state index contributed by atoms with van der Waals surface area (Å²) in [6, 6.07) is 6.09. The van der Waals surface area contributed by atoms with Crippen LogP contribution in [0, 0.1) is 10.8 Å². The number of carbonyl (C=O) groups excluding carboxylic acids is 1. The van der Waals surface area contributed by atoms with Gasteiger partial charge < -0.3 is 10.0 Å². The molecule has 1 amide bonds. The summed E-state index contributed by atoms with van der Waals surface area (Å²) in [4.78, 5) is 14.3. The highest BCUT2D eigenvalue weighted by Gasteiger charge is 2.32. The third-order valence-corrected chi connectivity index (χ3v) is 4.02. The Morgan fingerprint density at radius 3 is 2.19 bits per heavy atom. The molecular weight excluding hydrogens is 262 g/mol. The van der Waals surface area contributed by atoms with Crippen LogP contribution in [0.1, 0.15) is 64.3 Å². The standard InChI is InChI=1S/C18H27NO2/c1-17(2,3)15(20)12-7-8-13-10-19(11-14(13)9-12)16(21)18(4,5)6/h7-9,15,20H,10-11H2,1-6H3. The maximum Gasteiger partial charge on any atom is 0.228 e. The fraction of sp³-hybridized carbons (Fsp3) is 0.611. The number of rotatable bonds is 1. The molecule has 1 atom stereocenters. The first-order chi connectivity index (χ1) is 9.50. The molecule has 116 valence electrons. The van der Waals surface area contributed by atoms with E-state index in [0.717, 1.165) is 11.1 Å². The molecule has 1 heterocycles. The van der Waals surface area contributed by atoms with Gasteiger partial charge in [0.15, 0.2) is 0 Å². The lowest BCUT2D eigenvalue weighted by molar-refractivity contribution is -0.140. The van der Waals surface area contributed by atoms with Gasteiger partial charge in [0.25, 0.3) is 0 Å².